The Morgan fingerprint density at radius 1 is 1.28 bits per heavy atom. The van der Waals surface area contributed by atoms with Crippen molar-refractivity contribution in [1.29, 1.82) is 0 Å². The van der Waals surface area contributed by atoms with E-state index in [9.17, 15) is 18.0 Å². The van der Waals surface area contributed by atoms with Crippen LogP contribution in [0.2, 0.25) is 0 Å². The quantitative estimate of drug-likeness (QED) is 0.785. The molecular weight excluding hydrogens is 387 g/mol. The molecule has 1 N–H and O–H groups in total. The molecule has 2 aromatic rings. The zero-order valence-corrected chi connectivity index (χ0v) is 16.4. The average molecular weight is 411 g/mol. The van der Waals surface area contributed by atoms with Crippen molar-refractivity contribution in [2.75, 3.05) is 6.61 Å². The van der Waals surface area contributed by atoms with Gasteiger partial charge in [-0.2, -0.15) is 13.2 Å². The molecule has 2 heterocycles. The summed E-state index contributed by atoms with van der Waals surface area (Å²) in [6.07, 6.45) is -2.31. The Bertz CT molecular complexity index is 849. The fourth-order valence-electron chi connectivity index (χ4n) is 3.37. The predicted molar refractivity (Wildman–Crippen MR) is 98.1 cm³/mol. The number of alkyl halides is 3. The molecule has 0 saturated carbocycles. The molecule has 9 heteroatoms. The highest BCUT2D eigenvalue weighted by Crippen LogP contribution is 2.30. The van der Waals surface area contributed by atoms with Gasteiger partial charge in [-0.1, -0.05) is 18.2 Å². The number of hydrogen-bond acceptors (Lipinski definition) is 5. The molecule has 1 amide bonds. The molecule has 158 valence electrons. The predicted octanol–water partition coefficient (Wildman–Crippen LogP) is 3.69. The summed E-state index contributed by atoms with van der Waals surface area (Å²) < 4.78 is 49.5. The number of amides is 1. The number of hydrogen-bond donors (Lipinski definition) is 1. The summed E-state index contributed by atoms with van der Waals surface area (Å²) in [7, 11) is 0. The summed E-state index contributed by atoms with van der Waals surface area (Å²) in [5, 5.41) is 10.8. The normalized spacial score (nSPS) is 19.1. The lowest BCUT2D eigenvalue weighted by Crippen LogP contribution is -2.45. The van der Waals surface area contributed by atoms with Gasteiger partial charge in [-0.3, -0.25) is 4.79 Å². The van der Waals surface area contributed by atoms with Gasteiger partial charge in [-0.15, -0.1) is 10.2 Å². The van der Waals surface area contributed by atoms with E-state index in [0.29, 0.717) is 12.2 Å². The van der Waals surface area contributed by atoms with Gasteiger partial charge in [0, 0.05) is 25.5 Å². The number of benzene rings is 1. The third kappa shape index (κ3) is 6.28. The third-order valence-electron chi connectivity index (χ3n) is 4.75. The second-order valence-corrected chi connectivity index (χ2v) is 7.83. The first-order valence-electron chi connectivity index (χ1n) is 9.51. The molecule has 0 unspecified atom stereocenters. The second kappa shape index (κ2) is 8.52. The maximum Gasteiger partial charge on any atom is 0.416 e. The highest BCUT2D eigenvalue weighted by molar-refractivity contribution is 5.76. The third-order valence-corrected chi connectivity index (χ3v) is 4.75. The van der Waals surface area contributed by atoms with Crippen LogP contribution in [0.5, 0.6) is 0 Å². The SMILES string of the molecule is CC1(C)C[C@H](NC(=O)CCc2nnc(Cc3cccc(C(F)(F)F)c3)o2)CCO1. The van der Waals surface area contributed by atoms with Gasteiger partial charge in [0.15, 0.2) is 0 Å². The number of aryl methyl sites for hydroxylation is 1. The fraction of sp³-hybridized carbons (Fsp3) is 0.550. The fourth-order valence-corrected chi connectivity index (χ4v) is 3.37. The Morgan fingerprint density at radius 3 is 2.76 bits per heavy atom. The number of rotatable bonds is 6. The zero-order chi connectivity index (χ0) is 21.1. The first kappa shape index (κ1) is 21.3. The number of nitrogens with zero attached hydrogens (tertiary/aromatic N) is 2. The average Bonchev–Trinajstić information content (AvgIpc) is 3.06. The Morgan fingerprint density at radius 2 is 2.03 bits per heavy atom. The minimum Gasteiger partial charge on any atom is -0.425 e. The molecule has 1 atom stereocenters. The number of aromatic nitrogens is 2. The maximum absolute atomic E-state index is 12.8. The van der Waals surface area contributed by atoms with Crippen LogP contribution in [0, 0.1) is 0 Å². The van der Waals surface area contributed by atoms with Crippen LogP contribution in [-0.4, -0.2) is 34.4 Å². The van der Waals surface area contributed by atoms with Crippen LogP contribution in [-0.2, 0) is 28.5 Å². The van der Waals surface area contributed by atoms with Crippen LogP contribution in [0.1, 0.15) is 56.0 Å². The van der Waals surface area contributed by atoms with E-state index in [0.717, 1.165) is 25.0 Å². The Labute approximate surface area is 166 Å². The van der Waals surface area contributed by atoms with Crippen molar-refractivity contribution in [3.8, 4) is 0 Å². The molecule has 6 nitrogen and oxygen atoms in total. The molecule has 0 aliphatic carbocycles. The van der Waals surface area contributed by atoms with Crippen molar-refractivity contribution in [3.63, 3.8) is 0 Å². The van der Waals surface area contributed by atoms with Crippen LogP contribution >= 0.6 is 0 Å². The van der Waals surface area contributed by atoms with Gasteiger partial charge >= 0.3 is 6.18 Å². The molecule has 1 aromatic heterocycles. The Kier molecular flexibility index (Phi) is 6.26. The van der Waals surface area contributed by atoms with Crippen molar-refractivity contribution >= 4 is 5.91 Å². The molecule has 0 radical (unpaired) electrons. The molecule has 0 spiro atoms. The summed E-state index contributed by atoms with van der Waals surface area (Å²) in [5.74, 6) is 0.394. The van der Waals surface area contributed by atoms with E-state index in [1.54, 1.807) is 6.07 Å². The van der Waals surface area contributed by atoms with Gasteiger partial charge < -0.3 is 14.5 Å². The number of carbonyl (C=O) groups is 1. The number of halogens is 3. The molecular formula is C20H24F3N3O3. The van der Waals surface area contributed by atoms with Crippen molar-refractivity contribution in [1.82, 2.24) is 15.5 Å². The lowest BCUT2D eigenvalue weighted by Gasteiger charge is -2.35. The van der Waals surface area contributed by atoms with E-state index in [2.05, 4.69) is 15.5 Å². The largest absolute Gasteiger partial charge is 0.425 e. The molecule has 0 bridgehead atoms. The van der Waals surface area contributed by atoms with Gasteiger partial charge in [-0.25, -0.2) is 0 Å². The highest BCUT2D eigenvalue weighted by atomic mass is 19.4. The van der Waals surface area contributed by atoms with Crippen molar-refractivity contribution in [2.45, 2.75) is 63.8 Å². The van der Waals surface area contributed by atoms with Crippen molar-refractivity contribution < 1.29 is 27.1 Å². The van der Waals surface area contributed by atoms with Crippen molar-refractivity contribution in [2.24, 2.45) is 0 Å². The van der Waals surface area contributed by atoms with Gasteiger partial charge in [-0.05, 0) is 38.3 Å². The summed E-state index contributed by atoms with van der Waals surface area (Å²) >= 11 is 0. The van der Waals surface area contributed by atoms with Crippen LogP contribution in [0.4, 0.5) is 13.2 Å². The maximum atomic E-state index is 12.8. The lowest BCUT2D eigenvalue weighted by atomic mass is 9.94. The zero-order valence-electron chi connectivity index (χ0n) is 16.4. The standard InChI is InChI=1S/C20H24F3N3O3/c1-19(2)12-15(8-9-28-19)24-16(27)6-7-17-25-26-18(29-17)11-13-4-3-5-14(10-13)20(21,22)23/h3-5,10,15H,6-9,11-12H2,1-2H3,(H,24,27)/t15-/m1/s1. The van der Waals surface area contributed by atoms with Gasteiger partial charge in [0.25, 0.3) is 0 Å². The van der Waals surface area contributed by atoms with Crippen LogP contribution in [0.15, 0.2) is 28.7 Å². The number of ether oxygens (including phenoxy) is 1. The summed E-state index contributed by atoms with van der Waals surface area (Å²) in [6, 6.07) is 5.07. The number of nitrogens with one attached hydrogen (secondary N) is 1. The second-order valence-electron chi connectivity index (χ2n) is 7.83. The monoisotopic (exact) mass is 411 g/mol. The molecule has 1 aliphatic heterocycles. The van der Waals surface area contributed by atoms with Gasteiger partial charge in [0.2, 0.25) is 17.7 Å². The molecule has 1 saturated heterocycles. The Hall–Kier alpha value is -2.42. The van der Waals surface area contributed by atoms with Crippen molar-refractivity contribution in [3.05, 3.63) is 47.2 Å². The van der Waals surface area contributed by atoms with E-state index in [4.69, 9.17) is 9.15 Å². The molecule has 1 aromatic carbocycles. The van der Waals surface area contributed by atoms with E-state index in [1.807, 2.05) is 13.8 Å². The smallest absolute Gasteiger partial charge is 0.416 e. The molecule has 1 fully saturated rings. The summed E-state index contributed by atoms with van der Waals surface area (Å²) in [6.45, 7) is 4.60. The van der Waals surface area contributed by atoms with E-state index in [1.165, 1.54) is 6.07 Å². The minimum atomic E-state index is -4.40. The Balaban J connectivity index is 1.50. The number of carbonyl (C=O) groups excluding carboxylic acids is 1. The topological polar surface area (TPSA) is 77.3 Å². The van der Waals surface area contributed by atoms with Crippen LogP contribution < -0.4 is 5.32 Å². The van der Waals surface area contributed by atoms with Gasteiger partial charge in [0.1, 0.15) is 0 Å². The molecule has 29 heavy (non-hydrogen) atoms. The molecule has 1 aliphatic rings. The highest BCUT2D eigenvalue weighted by Gasteiger charge is 2.31. The summed E-state index contributed by atoms with van der Waals surface area (Å²) in [4.78, 5) is 12.2. The van der Waals surface area contributed by atoms with E-state index < -0.39 is 11.7 Å². The lowest BCUT2D eigenvalue weighted by molar-refractivity contribution is -0.137. The first-order valence-corrected chi connectivity index (χ1v) is 9.51. The summed E-state index contributed by atoms with van der Waals surface area (Å²) in [5.41, 5.74) is -0.543. The van der Waals surface area contributed by atoms with Gasteiger partial charge in [0.05, 0.1) is 17.6 Å². The van der Waals surface area contributed by atoms with Crippen LogP contribution in [0.25, 0.3) is 0 Å². The minimum absolute atomic E-state index is 0.0744. The van der Waals surface area contributed by atoms with Crippen LogP contribution in [0.3, 0.4) is 0 Å². The molecule has 3 rings (SSSR count). The van der Waals surface area contributed by atoms with E-state index in [-0.39, 0.29) is 48.6 Å². The first-order chi connectivity index (χ1) is 13.6. The van der Waals surface area contributed by atoms with E-state index >= 15 is 0 Å².